The van der Waals surface area contributed by atoms with E-state index in [2.05, 4.69) is 10.6 Å². The maximum absolute atomic E-state index is 12.8. The average molecular weight is 358 g/mol. The molecule has 1 aliphatic carbocycles. The van der Waals surface area contributed by atoms with E-state index >= 15 is 0 Å². The molecule has 1 fully saturated rings. The van der Waals surface area contributed by atoms with Crippen LogP contribution in [0.5, 0.6) is 0 Å². The molecular weight excluding hydrogens is 333 g/mol. The lowest BCUT2D eigenvalue weighted by Crippen LogP contribution is -2.40. The van der Waals surface area contributed by atoms with Crippen molar-refractivity contribution in [3.63, 3.8) is 0 Å². The topological polar surface area (TPSA) is 84.2 Å². The van der Waals surface area contributed by atoms with Gasteiger partial charge in [-0.2, -0.15) is 0 Å². The van der Waals surface area contributed by atoms with Gasteiger partial charge in [0.25, 0.3) is 0 Å². The van der Waals surface area contributed by atoms with E-state index in [1.54, 1.807) is 0 Å². The molecule has 1 aromatic rings. The molecule has 134 valence electrons. The van der Waals surface area contributed by atoms with Crippen molar-refractivity contribution in [1.29, 1.82) is 0 Å². The maximum Gasteiger partial charge on any atom is 0.243 e. The zero-order chi connectivity index (χ0) is 16.7. The lowest BCUT2D eigenvalue weighted by atomic mass is 9.71. The summed E-state index contributed by atoms with van der Waals surface area (Å²) in [6, 6.07) is 5.48. The molecule has 0 heterocycles. The molecule has 0 radical (unpaired) electrons. The summed E-state index contributed by atoms with van der Waals surface area (Å²) in [6.45, 7) is 0.402. The fraction of sp³-hybridized carbons (Fsp3) is 0.529. The van der Waals surface area contributed by atoms with Gasteiger partial charge in [-0.15, -0.1) is 12.4 Å². The van der Waals surface area contributed by atoms with E-state index < -0.39 is 0 Å². The standard InChI is InChI=1S/C17H24FN3O2.ClH/c18-13-4-6-14(7-5-13)21-16(23)11-20-15(22)10-17(12-19)8-2-1-3-9-17;/h4-7H,1-3,8-12,19H2,(H,20,22)(H,21,23);1H. The molecule has 2 amide bonds. The molecule has 24 heavy (non-hydrogen) atoms. The van der Waals surface area contributed by atoms with Crippen LogP contribution in [0.4, 0.5) is 10.1 Å². The summed E-state index contributed by atoms with van der Waals surface area (Å²) >= 11 is 0. The Morgan fingerprint density at radius 2 is 1.71 bits per heavy atom. The largest absolute Gasteiger partial charge is 0.347 e. The fourth-order valence-electron chi connectivity index (χ4n) is 3.08. The fourth-order valence-corrected chi connectivity index (χ4v) is 3.08. The molecule has 7 heteroatoms. The predicted molar refractivity (Wildman–Crippen MR) is 94.5 cm³/mol. The Labute approximate surface area is 148 Å². The molecule has 1 aliphatic rings. The highest BCUT2D eigenvalue weighted by atomic mass is 35.5. The summed E-state index contributed by atoms with van der Waals surface area (Å²) in [7, 11) is 0. The van der Waals surface area contributed by atoms with Gasteiger partial charge in [0.05, 0.1) is 6.54 Å². The van der Waals surface area contributed by atoms with Crippen molar-refractivity contribution in [1.82, 2.24) is 5.32 Å². The van der Waals surface area contributed by atoms with Gasteiger partial charge in [0.2, 0.25) is 11.8 Å². The van der Waals surface area contributed by atoms with Crippen molar-refractivity contribution in [2.24, 2.45) is 11.1 Å². The van der Waals surface area contributed by atoms with Crippen LogP contribution in [0, 0.1) is 11.2 Å². The van der Waals surface area contributed by atoms with Gasteiger partial charge in [-0.25, -0.2) is 4.39 Å². The second-order valence-electron chi connectivity index (χ2n) is 6.27. The second-order valence-corrected chi connectivity index (χ2v) is 6.27. The first-order chi connectivity index (χ1) is 11.0. The van der Waals surface area contributed by atoms with Crippen molar-refractivity contribution in [2.75, 3.05) is 18.4 Å². The lowest BCUT2D eigenvalue weighted by molar-refractivity contribution is -0.126. The third kappa shape index (κ3) is 6.09. The Balaban J connectivity index is 0.00000288. The van der Waals surface area contributed by atoms with Crippen LogP contribution in [0.15, 0.2) is 24.3 Å². The summed E-state index contributed by atoms with van der Waals surface area (Å²) in [4.78, 5) is 23.9. The highest BCUT2D eigenvalue weighted by molar-refractivity contribution is 5.94. The van der Waals surface area contributed by atoms with Crippen molar-refractivity contribution < 1.29 is 14.0 Å². The number of nitrogens with one attached hydrogen (secondary N) is 2. The van der Waals surface area contributed by atoms with Crippen LogP contribution in [-0.2, 0) is 9.59 Å². The summed E-state index contributed by atoms with van der Waals surface area (Å²) in [6.07, 6.45) is 5.72. The summed E-state index contributed by atoms with van der Waals surface area (Å²) < 4.78 is 12.8. The molecule has 0 aliphatic heterocycles. The Bertz CT molecular complexity index is 545. The molecule has 5 nitrogen and oxygen atoms in total. The minimum Gasteiger partial charge on any atom is -0.347 e. The number of nitrogens with two attached hydrogens (primary N) is 1. The molecule has 0 atom stereocenters. The molecule has 2 rings (SSSR count). The minimum absolute atomic E-state index is 0. The average Bonchev–Trinajstić information content (AvgIpc) is 2.56. The molecule has 0 aromatic heterocycles. The number of hydrogen-bond acceptors (Lipinski definition) is 3. The van der Waals surface area contributed by atoms with Crippen LogP contribution < -0.4 is 16.4 Å². The Kier molecular flexibility index (Phi) is 8.15. The summed E-state index contributed by atoms with van der Waals surface area (Å²) in [5.41, 5.74) is 6.25. The molecule has 1 saturated carbocycles. The molecule has 1 aromatic carbocycles. The van der Waals surface area contributed by atoms with Gasteiger partial charge in [-0.05, 0) is 49.1 Å². The zero-order valence-corrected chi connectivity index (χ0v) is 14.5. The van der Waals surface area contributed by atoms with E-state index in [4.69, 9.17) is 5.73 Å². The highest BCUT2D eigenvalue weighted by Crippen LogP contribution is 2.38. The van der Waals surface area contributed by atoms with Crippen molar-refractivity contribution >= 4 is 29.9 Å². The smallest absolute Gasteiger partial charge is 0.243 e. The monoisotopic (exact) mass is 357 g/mol. The van der Waals surface area contributed by atoms with Crippen molar-refractivity contribution in [3.05, 3.63) is 30.1 Å². The maximum atomic E-state index is 12.8. The number of anilines is 1. The number of carbonyl (C=O) groups excluding carboxylic acids is 2. The normalized spacial score (nSPS) is 15.9. The van der Waals surface area contributed by atoms with Gasteiger partial charge in [0.1, 0.15) is 5.82 Å². The van der Waals surface area contributed by atoms with Crippen LogP contribution in [0.25, 0.3) is 0 Å². The van der Waals surface area contributed by atoms with Gasteiger partial charge < -0.3 is 16.4 Å². The lowest BCUT2D eigenvalue weighted by Gasteiger charge is -2.35. The van der Waals surface area contributed by atoms with Crippen molar-refractivity contribution in [3.8, 4) is 0 Å². The molecule has 0 bridgehead atoms. The van der Waals surface area contributed by atoms with Crippen LogP contribution in [0.2, 0.25) is 0 Å². The predicted octanol–water partition coefficient (Wildman–Crippen LogP) is 2.60. The minimum atomic E-state index is -0.365. The van der Waals surface area contributed by atoms with E-state index in [1.165, 1.54) is 30.7 Å². The molecule has 0 saturated heterocycles. The zero-order valence-electron chi connectivity index (χ0n) is 13.6. The van der Waals surface area contributed by atoms with E-state index in [-0.39, 0.29) is 42.0 Å². The molecule has 4 N–H and O–H groups in total. The molecule has 0 unspecified atom stereocenters. The number of amides is 2. The van der Waals surface area contributed by atoms with Gasteiger partial charge in [0.15, 0.2) is 0 Å². The number of benzene rings is 1. The number of rotatable bonds is 6. The first kappa shape index (κ1) is 20.4. The summed E-state index contributed by atoms with van der Waals surface area (Å²) in [5, 5.41) is 5.25. The van der Waals surface area contributed by atoms with Crippen LogP contribution in [0.3, 0.4) is 0 Å². The van der Waals surface area contributed by atoms with Gasteiger partial charge >= 0.3 is 0 Å². The first-order valence-corrected chi connectivity index (χ1v) is 8.05. The van der Waals surface area contributed by atoms with Crippen molar-refractivity contribution in [2.45, 2.75) is 38.5 Å². The Hall–Kier alpha value is -1.66. The molecule has 0 spiro atoms. The third-order valence-electron chi connectivity index (χ3n) is 4.46. The third-order valence-corrected chi connectivity index (χ3v) is 4.46. The number of carbonyl (C=O) groups is 2. The molecular formula is C17H25ClFN3O2. The summed E-state index contributed by atoms with van der Waals surface area (Å²) in [5.74, 6) is -0.849. The van der Waals surface area contributed by atoms with E-state index in [9.17, 15) is 14.0 Å². The van der Waals surface area contributed by atoms with Crippen LogP contribution in [-0.4, -0.2) is 24.9 Å². The Morgan fingerprint density at radius 3 is 2.29 bits per heavy atom. The Morgan fingerprint density at radius 1 is 1.08 bits per heavy atom. The highest BCUT2D eigenvalue weighted by Gasteiger charge is 2.32. The second kappa shape index (κ2) is 9.59. The van der Waals surface area contributed by atoms with E-state index in [0.29, 0.717) is 18.7 Å². The van der Waals surface area contributed by atoms with Gasteiger partial charge in [-0.3, -0.25) is 9.59 Å². The van der Waals surface area contributed by atoms with E-state index in [1.807, 2.05) is 0 Å². The van der Waals surface area contributed by atoms with Gasteiger partial charge in [-0.1, -0.05) is 19.3 Å². The van der Waals surface area contributed by atoms with Gasteiger partial charge in [0, 0.05) is 12.1 Å². The number of hydrogen-bond donors (Lipinski definition) is 3. The van der Waals surface area contributed by atoms with Crippen LogP contribution >= 0.6 is 12.4 Å². The first-order valence-electron chi connectivity index (χ1n) is 8.05. The van der Waals surface area contributed by atoms with Crippen LogP contribution in [0.1, 0.15) is 38.5 Å². The number of halogens is 2. The van der Waals surface area contributed by atoms with E-state index in [0.717, 1.165) is 25.7 Å². The SMILES string of the molecule is Cl.NCC1(CC(=O)NCC(=O)Nc2ccc(F)cc2)CCCCC1. The quantitative estimate of drug-likeness (QED) is 0.731.